The number of rotatable bonds is 2. The fourth-order valence-electron chi connectivity index (χ4n) is 2.88. The molecule has 2 aromatic carbocycles. The van der Waals surface area contributed by atoms with Crippen LogP contribution in [0.25, 0.3) is 22.3 Å². The molecule has 6 heteroatoms. The second kappa shape index (κ2) is 6.26. The van der Waals surface area contributed by atoms with Crippen LogP contribution in [0.1, 0.15) is 0 Å². The number of ether oxygens (including phenoxy) is 1. The van der Waals surface area contributed by atoms with E-state index in [1.54, 1.807) is 12.1 Å². The summed E-state index contributed by atoms with van der Waals surface area (Å²) in [7, 11) is 0. The molecule has 0 spiro atoms. The van der Waals surface area contributed by atoms with E-state index in [9.17, 15) is 5.11 Å². The molecule has 3 aromatic rings. The Balaban J connectivity index is 1.93. The molecule has 0 atom stereocenters. The number of benzene rings is 2. The van der Waals surface area contributed by atoms with Gasteiger partial charge in [-0.1, -0.05) is 23.7 Å². The van der Waals surface area contributed by atoms with Crippen LogP contribution in [-0.2, 0) is 4.74 Å². The second-order valence-electron chi connectivity index (χ2n) is 5.65. The predicted octanol–water partition coefficient (Wildman–Crippen LogP) is 3.49. The summed E-state index contributed by atoms with van der Waals surface area (Å²) in [5.41, 5.74) is 1.41. The summed E-state index contributed by atoms with van der Waals surface area (Å²) < 4.78 is 5.44. The maximum Gasteiger partial charge on any atom is 0.165 e. The Morgan fingerprint density at radius 1 is 1.04 bits per heavy atom. The van der Waals surface area contributed by atoms with E-state index >= 15 is 0 Å². The van der Waals surface area contributed by atoms with Crippen molar-refractivity contribution in [3.8, 4) is 17.1 Å². The highest BCUT2D eigenvalue weighted by atomic mass is 35.5. The monoisotopic (exact) mass is 341 g/mol. The van der Waals surface area contributed by atoms with Gasteiger partial charge in [0.1, 0.15) is 11.6 Å². The molecule has 0 radical (unpaired) electrons. The molecule has 1 saturated heterocycles. The number of nitrogens with zero attached hydrogens (tertiary/aromatic N) is 3. The van der Waals surface area contributed by atoms with Crippen LogP contribution in [0.4, 0.5) is 5.82 Å². The summed E-state index contributed by atoms with van der Waals surface area (Å²) in [5, 5.41) is 11.7. The average molecular weight is 342 g/mol. The van der Waals surface area contributed by atoms with E-state index in [1.165, 1.54) is 0 Å². The Kier molecular flexibility index (Phi) is 3.96. The second-order valence-corrected chi connectivity index (χ2v) is 6.09. The van der Waals surface area contributed by atoms with Crippen molar-refractivity contribution in [3.05, 3.63) is 47.5 Å². The first kappa shape index (κ1) is 15.2. The highest BCUT2D eigenvalue weighted by molar-refractivity contribution is 6.31. The largest absolute Gasteiger partial charge is 0.507 e. The number of hydrogen-bond donors (Lipinski definition) is 1. The maximum absolute atomic E-state index is 10.1. The minimum absolute atomic E-state index is 0.166. The third-order valence-electron chi connectivity index (χ3n) is 4.09. The highest BCUT2D eigenvalue weighted by Gasteiger charge is 2.19. The van der Waals surface area contributed by atoms with Gasteiger partial charge in [0.2, 0.25) is 0 Å². The van der Waals surface area contributed by atoms with Crippen molar-refractivity contribution < 1.29 is 9.84 Å². The summed E-state index contributed by atoms with van der Waals surface area (Å²) in [6.07, 6.45) is 0. The molecule has 0 bridgehead atoms. The van der Waals surface area contributed by atoms with Gasteiger partial charge in [-0.05, 0) is 30.3 Å². The lowest BCUT2D eigenvalue weighted by molar-refractivity contribution is 0.122. The quantitative estimate of drug-likeness (QED) is 0.773. The molecule has 122 valence electrons. The SMILES string of the molecule is Oc1ccccc1-c1nc(N2CCOCC2)c2cc(Cl)ccc2n1. The third kappa shape index (κ3) is 2.77. The normalized spacial score (nSPS) is 15.0. The fraction of sp³-hybridized carbons (Fsp3) is 0.222. The molecule has 0 saturated carbocycles. The molecule has 2 heterocycles. The molecule has 4 rings (SSSR count). The van der Waals surface area contributed by atoms with E-state index in [1.807, 2.05) is 30.3 Å². The maximum atomic E-state index is 10.1. The smallest absolute Gasteiger partial charge is 0.165 e. The number of aromatic hydroxyl groups is 1. The van der Waals surface area contributed by atoms with E-state index in [4.69, 9.17) is 21.3 Å². The van der Waals surface area contributed by atoms with Crippen molar-refractivity contribution in [2.24, 2.45) is 0 Å². The van der Waals surface area contributed by atoms with Gasteiger partial charge in [0.15, 0.2) is 5.82 Å². The lowest BCUT2D eigenvalue weighted by atomic mass is 10.1. The summed E-state index contributed by atoms with van der Waals surface area (Å²) in [6, 6.07) is 12.7. The summed E-state index contributed by atoms with van der Waals surface area (Å²) >= 11 is 6.17. The van der Waals surface area contributed by atoms with E-state index in [0.717, 1.165) is 29.8 Å². The van der Waals surface area contributed by atoms with Crippen LogP contribution in [0, 0.1) is 0 Å². The van der Waals surface area contributed by atoms with Gasteiger partial charge in [-0.2, -0.15) is 0 Å². The number of phenols is 1. The first-order valence-corrected chi connectivity index (χ1v) is 8.18. The van der Waals surface area contributed by atoms with Crippen molar-refractivity contribution >= 4 is 28.3 Å². The molecule has 1 fully saturated rings. The molecular weight excluding hydrogens is 326 g/mol. The third-order valence-corrected chi connectivity index (χ3v) is 4.33. The van der Waals surface area contributed by atoms with E-state index in [0.29, 0.717) is 29.6 Å². The van der Waals surface area contributed by atoms with Crippen molar-refractivity contribution in [1.82, 2.24) is 9.97 Å². The number of morpholine rings is 1. The van der Waals surface area contributed by atoms with E-state index < -0.39 is 0 Å². The molecule has 5 nitrogen and oxygen atoms in total. The first-order valence-electron chi connectivity index (χ1n) is 7.81. The minimum atomic E-state index is 0.166. The molecule has 0 aliphatic carbocycles. The number of anilines is 1. The Morgan fingerprint density at radius 2 is 1.83 bits per heavy atom. The number of aromatic nitrogens is 2. The van der Waals surface area contributed by atoms with Gasteiger partial charge in [0.25, 0.3) is 0 Å². The van der Waals surface area contributed by atoms with Crippen LogP contribution >= 0.6 is 11.6 Å². The number of fused-ring (bicyclic) bond motifs is 1. The number of hydrogen-bond acceptors (Lipinski definition) is 5. The average Bonchev–Trinajstić information content (AvgIpc) is 2.62. The van der Waals surface area contributed by atoms with Gasteiger partial charge in [0.05, 0.1) is 24.3 Å². The summed E-state index contributed by atoms with van der Waals surface area (Å²) in [4.78, 5) is 11.5. The lowest BCUT2D eigenvalue weighted by Crippen LogP contribution is -2.37. The molecule has 24 heavy (non-hydrogen) atoms. The Hall–Kier alpha value is -2.37. The summed E-state index contributed by atoms with van der Waals surface area (Å²) in [6.45, 7) is 2.85. The van der Waals surface area contributed by atoms with Gasteiger partial charge >= 0.3 is 0 Å². The molecule has 1 N–H and O–H groups in total. The van der Waals surface area contributed by atoms with Crippen molar-refractivity contribution in [2.75, 3.05) is 31.2 Å². The fourth-order valence-corrected chi connectivity index (χ4v) is 3.06. The van der Waals surface area contributed by atoms with Crippen LogP contribution in [-0.4, -0.2) is 41.4 Å². The van der Waals surface area contributed by atoms with Crippen molar-refractivity contribution in [2.45, 2.75) is 0 Å². The molecule has 1 aromatic heterocycles. The molecule has 1 aliphatic heterocycles. The topological polar surface area (TPSA) is 58.5 Å². The van der Waals surface area contributed by atoms with Gasteiger partial charge in [-0.15, -0.1) is 0 Å². The molecule has 0 amide bonds. The predicted molar refractivity (Wildman–Crippen MR) is 94.7 cm³/mol. The van der Waals surface area contributed by atoms with Gasteiger partial charge in [-0.25, -0.2) is 9.97 Å². The minimum Gasteiger partial charge on any atom is -0.507 e. The standard InChI is InChI=1S/C18H16ClN3O2/c19-12-5-6-15-14(11-12)18(22-7-9-24-10-8-22)21-17(20-15)13-3-1-2-4-16(13)23/h1-6,11,23H,7-10H2. The zero-order chi connectivity index (χ0) is 16.5. The van der Waals surface area contributed by atoms with Crippen LogP contribution in [0.2, 0.25) is 5.02 Å². The molecule has 1 aliphatic rings. The Bertz CT molecular complexity index is 895. The first-order chi connectivity index (χ1) is 11.7. The Labute approximate surface area is 144 Å². The zero-order valence-corrected chi connectivity index (χ0v) is 13.7. The van der Waals surface area contributed by atoms with Gasteiger partial charge in [0, 0.05) is 23.5 Å². The van der Waals surface area contributed by atoms with Crippen LogP contribution in [0.3, 0.4) is 0 Å². The van der Waals surface area contributed by atoms with Crippen molar-refractivity contribution in [3.63, 3.8) is 0 Å². The molecule has 0 unspecified atom stereocenters. The molecular formula is C18H16ClN3O2. The number of halogens is 1. The lowest BCUT2D eigenvalue weighted by Gasteiger charge is -2.29. The van der Waals surface area contributed by atoms with Crippen molar-refractivity contribution in [1.29, 1.82) is 0 Å². The van der Waals surface area contributed by atoms with Crippen LogP contribution in [0.15, 0.2) is 42.5 Å². The van der Waals surface area contributed by atoms with Gasteiger partial charge < -0.3 is 14.7 Å². The van der Waals surface area contributed by atoms with Crippen LogP contribution < -0.4 is 4.90 Å². The number of para-hydroxylation sites is 1. The van der Waals surface area contributed by atoms with Gasteiger partial charge in [-0.3, -0.25) is 0 Å². The highest BCUT2D eigenvalue weighted by Crippen LogP contribution is 2.32. The zero-order valence-electron chi connectivity index (χ0n) is 12.9. The summed E-state index contributed by atoms with van der Waals surface area (Å²) in [5.74, 6) is 1.49. The van der Waals surface area contributed by atoms with E-state index in [-0.39, 0.29) is 5.75 Å². The Morgan fingerprint density at radius 3 is 2.62 bits per heavy atom. The number of phenolic OH excluding ortho intramolecular Hbond substituents is 1. The van der Waals surface area contributed by atoms with Crippen LogP contribution in [0.5, 0.6) is 5.75 Å². The van der Waals surface area contributed by atoms with E-state index in [2.05, 4.69) is 9.88 Å².